The van der Waals surface area contributed by atoms with Gasteiger partial charge in [0.25, 0.3) is 0 Å². The van der Waals surface area contributed by atoms with Crippen LogP contribution >= 0.6 is 0 Å². The van der Waals surface area contributed by atoms with Crippen LogP contribution in [-0.2, 0) is 14.3 Å². The number of aromatic nitrogens is 3. The molecule has 1 aliphatic heterocycles. The van der Waals surface area contributed by atoms with Gasteiger partial charge < -0.3 is 15.0 Å². The summed E-state index contributed by atoms with van der Waals surface area (Å²) in [6.07, 6.45) is 1.43. The fourth-order valence-electron chi connectivity index (χ4n) is 4.23. The Bertz CT molecular complexity index is 1200. The highest BCUT2D eigenvalue weighted by Crippen LogP contribution is 2.38. The monoisotopic (exact) mass is 445 g/mol. The molecule has 33 heavy (non-hydrogen) atoms. The number of rotatable bonds is 6. The van der Waals surface area contributed by atoms with Crippen LogP contribution in [0.1, 0.15) is 36.6 Å². The van der Waals surface area contributed by atoms with Crippen LogP contribution in [0.3, 0.4) is 0 Å². The van der Waals surface area contributed by atoms with E-state index in [-0.39, 0.29) is 19.1 Å². The third-order valence-electron chi connectivity index (χ3n) is 5.53. The van der Waals surface area contributed by atoms with E-state index in [1.807, 2.05) is 69.3 Å². The summed E-state index contributed by atoms with van der Waals surface area (Å²) in [5.74, 6) is -0.176. The average molecular weight is 446 g/mol. The molecule has 0 spiro atoms. The molecule has 8 nitrogen and oxygen atoms in total. The van der Waals surface area contributed by atoms with Crippen molar-refractivity contribution in [2.24, 2.45) is 0 Å². The number of nitrogens with one attached hydrogen (secondary N) is 1. The van der Waals surface area contributed by atoms with Gasteiger partial charge in [0, 0.05) is 11.4 Å². The largest absolute Gasteiger partial charge is 0.463 e. The fourth-order valence-corrected chi connectivity index (χ4v) is 4.23. The first kappa shape index (κ1) is 22.3. The van der Waals surface area contributed by atoms with Crippen molar-refractivity contribution in [2.45, 2.75) is 33.7 Å². The van der Waals surface area contributed by atoms with E-state index in [1.54, 1.807) is 16.5 Å². The molecule has 3 aromatic rings. The number of fused-ring (bicyclic) bond motifs is 1. The first-order valence-corrected chi connectivity index (χ1v) is 10.9. The number of ether oxygens (including phenoxy) is 1. The molecule has 0 saturated carbocycles. The van der Waals surface area contributed by atoms with Gasteiger partial charge in [-0.25, -0.2) is 9.48 Å². The lowest BCUT2D eigenvalue weighted by molar-refractivity contribution is -0.139. The van der Waals surface area contributed by atoms with Crippen LogP contribution in [0.4, 0.5) is 11.6 Å². The van der Waals surface area contributed by atoms with Gasteiger partial charge in [0.1, 0.15) is 18.9 Å². The van der Waals surface area contributed by atoms with Gasteiger partial charge >= 0.3 is 5.97 Å². The summed E-state index contributed by atoms with van der Waals surface area (Å²) < 4.78 is 7.05. The van der Waals surface area contributed by atoms with E-state index in [4.69, 9.17) is 4.74 Å². The van der Waals surface area contributed by atoms with Crippen molar-refractivity contribution in [2.75, 3.05) is 23.4 Å². The zero-order valence-corrected chi connectivity index (χ0v) is 19.2. The molecule has 1 N–H and O–H groups in total. The third kappa shape index (κ3) is 4.50. The van der Waals surface area contributed by atoms with Crippen LogP contribution in [-0.4, -0.2) is 39.8 Å². The van der Waals surface area contributed by atoms with Gasteiger partial charge in [0.2, 0.25) is 11.9 Å². The van der Waals surface area contributed by atoms with Crippen LogP contribution in [0.25, 0.3) is 0 Å². The second-order valence-electron chi connectivity index (χ2n) is 8.05. The van der Waals surface area contributed by atoms with E-state index < -0.39 is 12.0 Å². The van der Waals surface area contributed by atoms with Crippen molar-refractivity contribution in [3.05, 3.63) is 82.8 Å². The molecule has 2 aromatic carbocycles. The number of hydrogen-bond acceptors (Lipinski definition) is 6. The molecule has 1 amide bonds. The normalized spacial score (nSPS) is 15.3. The summed E-state index contributed by atoms with van der Waals surface area (Å²) in [5.41, 5.74) is 4.78. The molecule has 0 bridgehead atoms. The van der Waals surface area contributed by atoms with E-state index in [9.17, 15) is 9.59 Å². The Balaban J connectivity index is 1.71. The predicted octanol–water partition coefficient (Wildman–Crippen LogP) is 3.78. The molecular formula is C25H27N5O3. The second-order valence-corrected chi connectivity index (χ2v) is 8.05. The Hall–Kier alpha value is -3.94. The van der Waals surface area contributed by atoms with Crippen LogP contribution in [0.5, 0.6) is 0 Å². The first-order chi connectivity index (χ1) is 15.9. The SMILES string of the molecule is CCOC(=O)C1=C(C)N(CC(=O)Nc2cc(C)cc(C)c2)c2ncnn2[C@H]1c1ccccc1. The maximum Gasteiger partial charge on any atom is 0.338 e. The average Bonchev–Trinajstić information content (AvgIpc) is 3.24. The van der Waals surface area contributed by atoms with E-state index >= 15 is 0 Å². The smallest absolute Gasteiger partial charge is 0.338 e. The number of carbonyl (C=O) groups is 2. The second kappa shape index (κ2) is 9.28. The molecule has 1 atom stereocenters. The highest BCUT2D eigenvalue weighted by atomic mass is 16.5. The molecule has 4 rings (SSSR count). The molecule has 8 heteroatoms. The number of esters is 1. The molecule has 0 radical (unpaired) electrons. The Morgan fingerprint density at radius 3 is 2.42 bits per heavy atom. The molecule has 0 saturated heterocycles. The van der Waals surface area contributed by atoms with E-state index in [2.05, 4.69) is 15.4 Å². The summed E-state index contributed by atoms with van der Waals surface area (Å²) in [4.78, 5) is 32.1. The summed E-state index contributed by atoms with van der Waals surface area (Å²) in [6, 6.07) is 15.0. The minimum Gasteiger partial charge on any atom is -0.463 e. The number of benzene rings is 2. The van der Waals surface area contributed by atoms with Crippen molar-refractivity contribution in [3.63, 3.8) is 0 Å². The zero-order valence-electron chi connectivity index (χ0n) is 19.2. The standard InChI is InChI=1S/C25H27N5O3/c1-5-33-24(32)22-18(4)29(14-21(31)28-20-12-16(2)11-17(3)13-20)25-26-15-27-30(25)23(22)19-9-7-6-8-10-19/h6-13,15,23H,5,14H2,1-4H3,(H,28,31)/t23-/m0/s1. The number of allylic oxidation sites excluding steroid dienone is 1. The molecule has 0 unspecified atom stereocenters. The molecule has 0 aliphatic carbocycles. The molecule has 1 aliphatic rings. The minimum atomic E-state index is -0.499. The minimum absolute atomic E-state index is 0.0259. The molecule has 2 heterocycles. The van der Waals surface area contributed by atoms with Crippen LogP contribution in [0.15, 0.2) is 66.1 Å². The lowest BCUT2D eigenvalue weighted by Crippen LogP contribution is -2.40. The predicted molar refractivity (Wildman–Crippen MR) is 126 cm³/mol. The van der Waals surface area contributed by atoms with Crippen LogP contribution in [0.2, 0.25) is 0 Å². The van der Waals surface area contributed by atoms with E-state index in [0.29, 0.717) is 17.2 Å². The highest BCUT2D eigenvalue weighted by molar-refractivity contribution is 5.96. The van der Waals surface area contributed by atoms with Crippen molar-refractivity contribution in [1.82, 2.24) is 14.8 Å². The Labute approximate surface area is 192 Å². The number of amides is 1. The van der Waals surface area contributed by atoms with Crippen molar-refractivity contribution in [3.8, 4) is 0 Å². The zero-order chi connectivity index (χ0) is 23.5. The number of carbonyl (C=O) groups excluding carboxylic acids is 2. The van der Waals surface area contributed by atoms with Gasteiger partial charge in [-0.05, 0) is 56.5 Å². The van der Waals surface area contributed by atoms with E-state index in [0.717, 1.165) is 22.4 Å². The van der Waals surface area contributed by atoms with E-state index in [1.165, 1.54) is 6.33 Å². The Kier molecular flexibility index (Phi) is 6.26. The van der Waals surface area contributed by atoms with Gasteiger partial charge in [0.15, 0.2) is 0 Å². The molecule has 0 fully saturated rings. The highest BCUT2D eigenvalue weighted by Gasteiger charge is 2.38. The molecular weight excluding hydrogens is 418 g/mol. The summed E-state index contributed by atoms with van der Waals surface area (Å²) >= 11 is 0. The Morgan fingerprint density at radius 2 is 1.76 bits per heavy atom. The lowest BCUT2D eigenvalue weighted by atomic mass is 9.95. The Morgan fingerprint density at radius 1 is 1.06 bits per heavy atom. The first-order valence-electron chi connectivity index (χ1n) is 10.9. The fraction of sp³-hybridized carbons (Fsp3) is 0.280. The summed E-state index contributed by atoms with van der Waals surface area (Å²) in [6.45, 7) is 7.76. The van der Waals surface area contributed by atoms with Crippen molar-refractivity contribution >= 4 is 23.5 Å². The number of nitrogens with zero attached hydrogens (tertiary/aromatic N) is 4. The third-order valence-corrected chi connectivity index (χ3v) is 5.53. The number of anilines is 2. The maximum absolute atomic E-state index is 13.1. The van der Waals surface area contributed by atoms with Gasteiger partial charge in [-0.2, -0.15) is 10.1 Å². The van der Waals surface area contributed by atoms with Crippen molar-refractivity contribution < 1.29 is 14.3 Å². The quantitative estimate of drug-likeness (QED) is 0.581. The lowest BCUT2D eigenvalue weighted by Gasteiger charge is -2.35. The maximum atomic E-state index is 13.1. The molecule has 1 aromatic heterocycles. The number of aryl methyl sites for hydroxylation is 2. The van der Waals surface area contributed by atoms with Crippen molar-refractivity contribution in [1.29, 1.82) is 0 Å². The van der Waals surface area contributed by atoms with Crippen LogP contribution in [0, 0.1) is 13.8 Å². The topological polar surface area (TPSA) is 89.3 Å². The van der Waals surface area contributed by atoms with Gasteiger partial charge in [-0.15, -0.1) is 0 Å². The van der Waals surface area contributed by atoms with Gasteiger partial charge in [0.05, 0.1) is 12.2 Å². The summed E-state index contributed by atoms with van der Waals surface area (Å²) in [7, 11) is 0. The van der Waals surface area contributed by atoms with Gasteiger partial charge in [-0.1, -0.05) is 36.4 Å². The molecule has 170 valence electrons. The number of hydrogen-bond donors (Lipinski definition) is 1. The van der Waals surface area contributed by atoms with Crippen LogP contribution < -0.4 is 10.2 Å². The summed E-state index contributed by atoms with van der Waals surface area (Å²) in [5, 5.41) is 7.35. The van der Waals surface area contributed by atoms with Gasteiger partial charge in [-0.3, -0.25) is 4.79 Å².